The molecule has 0 radical (unpaired) electrons. The molecule has 6 nitrogen and oxygen atoms in total. The van der Waals surface area contributed by atoms with E-state index in [9.17, 15) is 4.79 Å². The number of carboxylic acids is 1. The highest BCUT2D eigenvalue weighted by molar-refractivity contribution is 5.69. The Labute approximate surface area is 121 Å². The Morgan fingerprint density at radius 2 is 1.50 bits per heavy atom. The summed E-state index contributed by atoms with van der Waals surface area (Å²) in [5.41, 5.74) is 0. The van der Waals surface area contributed by atoms with Gasteiger partial charge in [0, 0.05) is 45.8 Å². The van der Waals surface area contributed by atoms with Gasteiger partial charge in [-0.1, -0.05) is 0 Å². The molecule has 3 aliphatic rings. The van der Waals surface area contributed by atoms with Crippen LogP contribution in [0.5, 0.6) is 0 Å². The van der Waals surface area contributed by atoms with Crippen molar-refractivity contribution in [3.8, 4) is 0 Å². The highest BCUT2D eigenvalue weighted by atomic mass is 16.4. The number of carboxylic acid groups (broad SMARTS) is 1. The minimum absolute atomic E-state index is 0.162. The van der Waals surface area contributed by atoms with Crippen LogP contribution in [0.25, 0.3) is 0 Å². The summed E-state index contributed by atoms with van der Waals surface area (Å²) < 4.78 is 0. The maximum atomic E-state index is 10.9. The summed E-state index contributed by atoms with van der Waals surface area (Å²) in [5.74, 6) is -0.722. The minimum atomic E-state index is -0.722. The molecule has 0 aromatic carbocycles. The van der Waals surface area contributed by atoms with Gasteiger partial charge < -0.3 is 20.2 Å². The second kappa shape index (κ2) is 8.56. The highest BCUT2D eigenvalue weighted by Gasteiger charge is 2.17. The zero-order valence-corrected chi connectivity index (χ0v) is 12.4. The maximum absolute atomic E-state index is 10.9. The zero-order valence-electron chi connectivity index (χ0n) is 12.4. The summed E-state index contributed by atoms with van der Waals surface area (Å²) in [6.07, 6.45) is 2.24. The van der Waals surface area contributed by atoms with E-state index in [4.69, 9.17) is 5.11 Å². The summed E-state index contributed by atoms with van der Waals surface area (Å²) in [6.45, 7) is 10.7. The maximum Gasteiger partial charge on any atom is 0.317 e. The van der Waals surface area contributed by atoms with Gasteiger partial charge in [0.05, 0.1) is 6.54 Å². The molecule has 0 aromatic heterocycles. The molecular weight excluding hydrogens is 256 g/mol. The fourth-order valence-corrected chi connectivity index (χ4v) is 3.01. The second-order valence-corrected chi connectivity index (χ2v) is 5.81. The normalized spacial score (nSPS) is 30.8. The number of nitrogens with one attached hydrogen (secondary N) is 1. The molecule has 20 heavy (non-hydrogen) atoms. The molecule has 6 heteroatoms. The summed E-state index contributed by atoms with van der Waals surface area (Å²) in [4.78, 5) is 18.0. The molecule has 3 aliphatic heterocycles. The first kappa shape index (κ1) is 15.7. The van der Waals surface area contributed by atoms with Crippen molar-refractivity contribution < 1.29 is 9.90 Å². The largest absolute Gasteiger partial charge is 0.480 e. The number of carbonyl (C=O) groups is 1. The van der Waals surface area contributed by atoms with Crippen LogP contribution in [0.15, 0.2) is 0 Å². The van der Waals surface area contributed by atoms with Crippen molar-refractivity contribution in [3.63, 3.8) is 0 Å². The first-order valence-electron chi connectivity index (χ1n) is 7.83. The molecule has 0 saturated carbocycles. The van der Waals surface area contributed by atoms with Gasteiger partial charge in [0.15, 0.2) is 0 Å². The third-order valence-electron chi connectivity index (χ3n) is 4.21. The van der Waals surface area contributed by atoms with E-state index in [2.05, 4.69) is 20.0 Å². The smallest absolute Gasteiger partial charge is 0.317 e. The Morgan fingerprint density at radius 3 is 2.15 bits per heavy atom. The number of fused-ring (bicyclic) bond motifs is 11. The zero-order chi connectivity index (χ0) is 14.2. The van der Waals surface area contributed by atoms with Crippen molar-refractivity contribution in [2.75, 3.05) is 72.0 Å². The van der Waals surface area contributed by atoms with E-state index < -0.39 is 5.97 Å². The summed E-state index contributed by atoms with van der Waals surface area (Å²) in [5, 5.41) is 12.4. The van der Waals surface area contributed by atoms with Gasteiger partial charge in [0.25, 0.3) is 0 Å². The van der Waals surface area contributed by atoms with Crippen LogP contribution in [0.2, 0.25) is 0 Å². The highest BCUT2D eigenvalue weighted by Crippen LogP contribution is 2.04. The molecule has 2 bridgehead atoms. The van der Waals surface area contributed by atoms with Crippen molar-refractivity contribution in [1.82, 2.24) is 20.0 Å². The average Bonchev–Trinajstić information content (AvgIpc) is 2.43. The minimum Gasteiger partial charge on any atom is -0.480 e. The number of piperazine rings is 1. The second-order valence-electron chi connectivity index (χ2n) is 5.81. The van der Waals surface area contributed by atoms with Gasteiger partial charge >= 0.3 is 5.97 Å². The SMILES string of the molecule is O=C(O)CN1CCCN2CCN(CCCNCC1)CC2. The first-order valence-corrected chi connectivity index (χ1v) is 7.83. The monoisotopic (exact) mass is 284 g/mol. The van der Waals surface area contributed by atoms with E-state index in [1.807, 2.05) is 0 Å². The number of aliphatic carboxylic acids is 1. The van der Waals surface area contributed by atoms with Crippen LogP contribution < -0.4 is 5.32 Å². The van der Waals surface area contributed by atoms with Crippen LogP contribution in [0.4, 0.5) is 0 Å². The lowest BCUT2D eigenvalue weighted by Gasteiger charge is -2.35. The van der Waals surface area contributed by atoms with Crippen molar-refractivity contribution in [2.45, 2.75) is 12.8 Å². The molecule has 0 aromatic rings. The lowest BCUT2D eigenvalue weighted by molar-refractivity contribution is -0.138. The average molecular weight is 284 g/mol. The predicted octanol–water partition coefficient (Wildman–Crippen LogP) is -0.626. The molecule has 0 unspecified atom stereocenters. The Bertz CT molecular complexity index is 290. The fourth-order valence-electron chi connectivity index (χ4n) is 3.01. The van der Waals surface area contributed by atoms with Crippen molar-refractivity contribution in [3.05, 3.63) is 0 Å². The van der Waals surface area contributed by atoms with Gasteiger partial charge in [-0.3, -0.25) is 9.69 Å². The van der Waals surface area contributed by atoms with Gasteiger partial charge in [-0.2, -0.15) is 0 Å². The van der Waals surface area contributed by atoms with E-state index in [0.29, 0.717) is 0 Å². The summed E-state index contributed by atoms with van der Waals surface area (Å²) in [7, 11) is 0. The number of nitrogens with zero attached hydrogens (tertiary/aromatic N) is 3. The van der Waals surface area contributed by atoms with Crippen LogP contribution in [0.3, 0.4) is 0 Å². The molecule has 0 atom stereocenters. The molecular formula is C14H28N4O2. The number of hydrogen-bond donors (Lipinski definition) is 2. The van der Waals surface area contributed by atoms with E-state index >= 15 is 0 Å². The predicted molar refractivity (Wildman–Crippen MR) is 79.1 cm³/mol. The lowest BCUT2D eigenvalue weighted by atomic mass is 10.2. The van der Waals surface area contributed by atoms with Crippen molar-refractivity contribution >= 4 is 5.97 Å². The Morgan fingerprint density at radius 1 is 0.850 bits per heavy atom. The van der Waals surface area contributed by atoms with Gasteiger partial charge in [-0.25, -0.2) is 0 Å². The van der Waals surface area contributed by atoms with E-state index in [1.165, 1.54) is 26.1 Å². The van der Waals surface area contributed by atoms with Crippen LogP contribution in [-0.2, 0) is 4.79 Å². The third-order valence-corrected chi connectivity index (χ3v) is 4.21. The Balaban J connectivity index is 1.81. The molecule has 116 valence electrons. The lowest BCUT2D eigenvalue weighted by Crippen LogP contribution is -2.48. The van der Waals surface area contributed by atoms with Crippen LogP contribution >= 0.6 is 0 Å². The molecule has 0 aliphatic carbocycles. The third kappa shape index (κ3) is 5.75. The molecule has 3 saturated heterocycles. The van der Waals surface area contributed by atoms with Crippen LogP contribution in [0.1, 0.15) is 12.8 Å². The molecule has 3 rings (SSSR count). The summed E-state index contributed by atoms with van der Waals surface area (Å²) in [6, 6.07) is 0. The fraction of sp³-hybridized carbons (Fsp3) is 0.929. The topological polar surface area (TPSA) is 59.1 Å². The van der Waals surface area contributed by atoms with Crippen molar-refractivity contribution in [1.29, 1.82) is 0 Å². The van der Waals surface area contributed by atoms with Gasteiger partial charge in [0.1, 0.15) is 0 Å². The van der Waals surface area contributed by atoms with E-state index in [1.54, 1.807) is 0 Å². The van der Waals surface area contributed by atoms with Crippen LogP contribution in [-0.4, -0.2) is 97.8 Å². The standard InChI is InChI=1S/C14H28N4O2/c19-14(20)13-18-7-2-6-17-11-9-16(10-12-17)5-1-3-15-4-8-18/h15H,1-13H2,(H,19,20). The van der Waals surface area contributed by atoms with Crippen LogP contribution in [0, 0.1) is 0 Å². The van der Waals surface area contributed by atoms with Gasteiger partial charge in [-0.15, -0.1) is 0 Å². The summed E-state index contributed by atoms with van der Waals surface area (Å²) >= 11 is 0. The van der Waals surface area contributed by atoms with Gasteiger partial charge in [0.2, 0.25) is 0 Å². The van der Waals surface area contributed by atoms with E-state index in [0.717, 1.165) is 52.2 Å². The molecule has 0 spiro atoms. The van der Waals surface area contributed by atoms with Gasteiger partial charge in [-0.05, 0) is 32.5 Å². The Kier molecular flexibility index (Phi) is 6.72. The number of hydrogen-bond acceptors (Lipinski definition) is 5. The quantitative estimate of drug-likeness (QED) is 0.704. The molecule has 2 N–H and O–H groups in total. The Hall–Kier alpha value is -0.690. The number of rotatable bonds is 2. The van der Waals surface area contributed by atoms with Crippen molar-refractivity contribution in [2.24, 2.45) is 0 Å². The first-order chi connectivity index (χ1) is 9.74. The van der Waals surface area contributed by atoms with E-state index in [-0.39, 0.29) is 6.54 Å². The molecule has 3 heterocycles. The molecule has 0 amide bonds. The molecule has 3 fully saturated rings.